The lowest BCUT2D eigenvalue weighted by molar-refractivity contribution is -0.146. The van der Waals surface area contributed by atoms with Crippen LogP contribution in [-0.4, -0.2) is 46.3 Å². The van der Waals surface area contributed by atoms with Crippen LogP contribution in [0.3, 0.4) is 0 Å². The third kappa shape index (κ3) is 4.74. The molecule has 0 radical (unpaired) electrons. The van der Waals surface area contributed by atoms with E-state index in [-0.39, 0.29) is 11.9 Å². The van der Waals surface area contributed by atoms with Gasteiger partial charge in [-0.1, -0.05) is 32.1 Å². The third-order valence-corrected chi connectivity index (χ3v) is 7.32. The number of anilines is 3. The van der Waals surface area contributed by atoms with Gasteiger partial charge in [-0.25, -0.2) is 4.98 Å². The number of aromatic amines is 1. The minimum Gasteiger partial charge on any atom is -0.469 e. The average molecular weight is 439 g/mol. The molecule has 2 N–H and O–H groups in total. The Bertz CT molecular complexity index is 950. The van der Waals surface area contributed by atoms with Crippen LogP contribution in [-0.2, 0) is 9.53 Å². The fraction of sp³-hybridized carbons (Fsp3) is 0.667. The van der Waals surface area contributed by atoms with Crippen molar-refractivity contribution in [2.45, 2.75) is 64.2 Å². The molecule has 172 valence electrons. The number of methoxy groups -OCH3 is 1. The monoisotopic (exact) mass is 438 g/mol. The quantitative estimate of drug-likeness (QED) is 0.648. The predicted octanol–water partition coefficient (Wildman–Crippen LogP) is 4.32. The molecule has 8 heteroatoms. The Morgan fingerprint density at radius 1 is 1.09 bits per heavy atom. The van der Waals surface area contributed by atoms with Crippen molar-refractivity contribution in [2.24, 2.45) is 17.8 Å². The second-order valence-corrected chi connectivity index (χ2v) is 9.82. The van der Waals surface area contributed by atoms with E-state index < -0.39 is 0 Å². The number of aromatic nitrogens is 4. The number of H-pyrrole nitrogens is 1. The van der Waals surface area contributed by atoms with Crippen molar-refractivity contribution in [1.29, 1.82) is 0 Å². The highest BCUT2D eigenvalue weighted by Crippen LogP contribution is 2.40. The topological polar surface area (TPSA) is 96.0 Å². The zero-order chi connectivity index (χ0) is 22.1. The lowest BCUT2D eigenvalue weighted by Gasteiger charge is -2.41. The molecule has 0 aromatic carbocycles. The molecule has 8 nitrogen and oxygen atoms in total. The summed E-state index contributed by atoms with van der Waals surface area (Å²) in [6.07, 6.45) is 9.80. The average Bonchev–Trinajstić information content (AvgIpc) is 3.57. The Hall–Kier alpha value is -2.64. The maximum Gasteiger partial charge on any atom is 0.310 e. The molecule has 0 spiro atoms. The van der Waals surface area contributed by atoms with Gasteiger partial charge in [0, 0.05) is 36.8 Å². The van der Waals surface area contributed by atoms with Crippen LogP contribution in [0, 0.1) is 24.7 Å². The summed E-state index contributed by atoms with van der Waals surface area (Å²) in [6, 6.07) is 4.02. The number of rotatable bonds is 6. The second-order valence-electron chi connectivity index (χ2n) is 9.82. The summed E-state index contributed by atoms with van der Waals surface area (Å²) in [7, 11) is 1.49. The number of hydrogen-bond donors (Lipinski definition) is 2. The van der Waals surface area contributed by atoms with E-state index in [0.717, 1.165) is 36.0 Å². The van der Waals surface area contributed by atoms with Crippen molar-refractivity contribution >= 4 is 23.6 Å². The Balaban J connectivity index is 1.36. The fourth-order valence-electron chi connectivity index (χ4n) is 5.47. The van der Waals surface area contributed by atoms with Crippen molar-refractivity contribution in [2.75, 3.05) is 30.4 Å². The van der Waals surface area contributed by atoms with E-state index in [0.29, 0.717) is 30.2 Å². The van der Waals surface area contributed by atoms with Gasteiger partial charge in [-0.2, -0.15) is 10.1 Å². The van der Waals surface area contributed by atoms with E-state index in [9.17, 15) is 4.79 Å². The largest absolute Gasteiger partial charge is 0.469 e. The Kier molecular flexibility index (Phi) is 6.02. The molecular formula is C24H34N6O2. The Labute approximate surface area is 189 Å². The molecule has 32 heavy (non-hydrogen) atoms. The molecule has 5 rings (SSSR count). The molecule has 2 saturated carbocycles. The fourth-order valence-corrected chi connectivity index (χ4v) is 5.47. The van der Waals surface area contributed by atoms with Gasteiger partial charge < -0.3 is 15.0 Å². The van der Waals surface area contributed by atoms with E-state index in [4.69, 9.17) is 14.7 Å². The maximum atomic E-state index is 12.5. The molecule has 2 atom stereocenters. The van der Waals surface area contributed by atoms with Crippen LogP contribution >= 0.6 is 0 Å². The van der Waals surface area contributed by atoms with Crippen molar-refractivity contribution < 1.29 is 9.53 Å². The zero-order valence-corrected chi connectivity index (χ0v) is 19.1. The molecule has 1 saturated heterocycles. The molecular weight excluding hydrogens is 404 g/mol. The van der Waals surface area contributed by atoms with Crippen LogP contribution in [0.2, 0.25) is 0 Å². The maximum absolute atomic E-state index is 12.5. The first-order chi connectivity index (χ1) is 15.6. The molecule has 3 heterocycles. The SMILES string of the molecule is COC(=O)C1CC(C2CCCCC2)CN(c2nc(C)cc(Nc3cc(C4CC4)n[nH]3)n2)C1. The Morgan fingerprint density at radius 3 is 2.66 bits per heavy atom. The number of nitrogens with zero attached hydrogens (tertiary/aromatic N) is 4. The zero-order valence-electron chi connectivity index (χ0n) is 19.1. The molecule has 1 aliphatic heterocycles. The highest BCUT2D eigenvalue weighted by molar-refractivity contribution is 5.73. The summed E-state index contributed by atoms with van der Waals surface area (Å²) < 4.78 is 5.13. The summed E-state index contributed by atoms with van der Waals surface area (Å²) in [5.74, 6) is 3.78. The number of aryl methyl sites for hydroxylation is 1. The first kappa shape index (κ1) is 21.2. The van der Waals surface area contributed by atoms with Gasteiger partial charge in [0.05, 0.1) is 18.7 Å². The van der Waals surface area contributed by atoms with E-state index in [1.54, 1.807) is 0 Å². The van der Waals surface area contributed by atoms with E-state index in [1.165, 1.54) is 52.1 Å². The lowest BCUT2D eigenvalue weighted by Crippen LogP contribution is -2.46. The van der Waals surface area contributed by atoms with Crippen molar-refractivity contribution in [3.05, 3.63) is 23.5 Å². The number of nitrogens with one attached hydrogen (secondary N) is 2. The molecule has 2 unspecified atom stereocenters. The number of ether oxygens (including phenoxy) is 1. The predicted molar refractivity (Wildman–Crippen MR) is 123 cm³/mol. The number of hydrogen-bond acceptors (Lipinski definition) is 7. The summed E-state index contributed by atoms with van der Waals surface area (Å²) in [4.78, 5) is 24.3. The van der Waals surface area contributed by atoms with Gasteiger partial charge in [-0.3, -0.25) is 9.89 Å². The van der Waals surface area contributed by atoms with E-state index >= 15 is 0 Å². The molecule has 2 aromatic heterocycles. The molecule has 3 aliphatic rings. The smallest absolute Gasteiger partial charge is 0.310 e. The molecule has 2 aromatic rings. The molecule has 3 fully saturated rings. The van der Waals surface area contributed by atoms with Gasteiger partial charge >= 0.3 is 5.97 Å². The highest BCUT2D eigenvalue weighted by Gasteiger charge is 2.37. The van der Waals surface area contributed by atoms with Crippen LogP contribution in [0.1, 0.15) is 68.7 Å². The molecule has 0 amide bonds. The van der Waals surface area contributed by atoms with E-state index in [2.05, 4.69) is 26.5 Å². The second kappa shape index (κ2) is 9.08. The van der Waals surface area contributed by atoms with Crippen LogP contribution in [0.15, 0.2) is 12.1 Å². The lowest BCUT2D eigenvalue weighted by atomic mass is 9.74. The van der Waals surface area contributed by atoms with Gasteiger partial charge in [0.2, 0.25) is 5.95 Å². The van der Waals surface area contributed by atoms with Gasteiger partial charge in [0.1, 0.15) is 11.6 Å². The van der Waals surface area contributed by atoms with Gasteiger partial charge in [-0.05, 0) is 38.0 Å². The van der Waals surface area contributed by atoms with Crippen LogP contribution in [0.25, 0.3) is 0 Å². The number of esters is 1. The van der Waals surface area contributed by atoms with Gasteiger partial charge in [-0.15, -0.1) is 0 Å². The summed E-state index contributed by atoms with van der Waals surface area (Å²) in [6.45, 7) is 3.49. The number of piperidine rings is 1. The summed E-state index contributed by atoms with van der Waals surface area (Å²) >= 11 is 0. The first-order valence-corrected chi connectivity index (χ1v) is 12.1. The minimum atomic E-state index is -0.130. The van der Waals surface area contributed by atoms with Crippen molar-refractivity contribution in [3.8, 4) is 0 Å². The van der Waals surface area contributed by atoms with Crippen molar-refractivity contribution in [3.63, 3.8) is 0 Å². The number of carbonyl (C=O) groups is 1. The Morgan fingerprint density at radius 2 is 1.91 bits per heavy atom. The highest BCUT2D eigenvalue weighted by atomic mass is 16.5. The van der Waals surface area contributed by atoms with E-state index in [1.807, 2.05) is 13.0 Å². The third-order valence-electron chi connectivity index (χ3n) is 7.32. The minimum absolute atomic E-state index is 0.119. The van der Waals surface area contributed by atoms with Crippen LogP contribution in [0.5, 0.6) is 0 Å². The summed E-state index contributed by atoms with van der Waals surface area (Å²) in [5.41, 5.74) is 2.01. The van der Waals surface area contributed by atoms with Crippen LogP contribution in [0.4, 0.5) is 17.6 Å². The standard InChI is InChI=1S/C24H34N6O2/c1-15-10-21(26-22-12-20(28-29-22)17-8-9-17)27-24(25-15)30-13-18(16-6-4-3-5-7-16)11-19(14-30)23(31)32-2/h10,12,16-19H,3-9,11,13-14H2,1-2H3,(H2,25,26,27,28,29). The summed E-state index contributed by atoms with van der Waals surface area (Å²) in [5, 5.41) is 10.9. The normalized spacial score (nSPS) is 24.4. The molecule has 0 bridgehead atoms. The number of carbonyl (C=O) groups excluding carboxylic acids is 1. The van der Waals surface area contributed by atoms with Gasteiger partial charge in [0.15, 0.2) is 0 Å². The van der Waals surface area contributed by atoms with Crippen LogP contribution < -0.4 is 10.2 Å². The van der Waals surface area contributed by atoms with Crippen molar-refractivity contribution in [1.82, 2.24) is 20.2 Å². The first-order valence-electron chi connectivity index (χ1n) is 12.1. The molecule has 2 aliphatic carbocycles. The van der Waals surface area contributed by atoms with Gasteiger partial charge in [0.25, 0.3) is 0 Å².